The number of carboxylic acid groups (broad SMARTS) is 1. The maximum Gasteiger partial charge on any atom is 0.308 e. The summed E-state index contributed by atoms with van der Waals surface area (Å²) >= 11 is 0. The number of hydrogen-bond donors (Lipinski definition) is 2. The van der Waals surface area contributed by atoms with E-state index in [0.29, 0.717) is 25.4 Å². The molecule has 0 heterocycles. The maximum atomic E-state index is 11.5. The van der Waals surface area contributed by atoms with Gasteiger partial charge in [-0.05, 0) is 25.2 Å². The first kappa shape index (κ1) is 16.9. The van der Waals surface area contributed by atoms with Crippen molar-refractivity contribution in [2.45, 2.75) is 39.5 Å². The molecule has 0 bridgehead atoms. The van der Waals surface area contributed by atoms with E-state index in [1.165, 1.54) is 0 Å². The van der Waals surface area contributed by atoms with Crippen molar-refractivity contribution < 1.29 is 19.4 Å². The van der Waals surface area contributed by atoms with E-state index in [9.17, 15) is 9.59 Å². The molecule has 0 aromatic carbocycles. The number of unbranched alkanes of at least 4 members (excludes halogenated alkanes) is 1. The Hall–Kier alpha value is -1.10. The van der Waals surface area contributed by atoms with Crippen LogP contribution in [0.1, 0.15) is 39.5 Å². The van der Waals surface area contributed by atoms with E-state index in [-0.39, 0.29) is 12.5 Å². The SMILES string of the molecule is COCCCCC(=O)NCC(CC(C)C)C(=O)O. The van der Waals surface area contributed by atoms with Gasteiger partial charge in [0.25, 0.3) is 0 Å². The monoisotopic (exact) mass is 259 g/mol. The number of amides is 1. The number of rotatable bonds is 10. The second-order valence-corrected chi connectivity index (χ2v) is 4.92. The second kappa shape index (κ2) is 9.88. The lowest BCUT2D eigenvalue weighted by Crippen LogP contribution is -2.33. The standard InChI is InChI=1S/C13H25NO4/c1-10(2)8-11(13(16)17)9-14-12(15)6-4-5-7-18-3/h10-11H,4-9H2,1-3H3,(H,14,15)(H,16,17). The van der Waals surface area contributed by atoms with Crippen LogP contribution in [0.25, 0.3) is 0 Å². The van der Waals surface area contributed by atoms with Crippen molar-refractivity contribution in [3.05, 3.63) is 0 Å². The van der Waals surface area contributed by atoms with Crippen LogP contribution >= 0.6 is 0 Å². The van der Waals surface area contributed by atoms with Crippen LogP contribution in [0.3, 0.4) is 0 Å². The minimum Gasteiger partial charge on any atom is -0.481 e. The summed E-state index contributed by atoms with van der Waals surface area (Å²) in [6.45, 7) is 4.82. The molecule has 1 unspecified atom stereocenters. The smallest absolute Gasteiger partial charge is 0.308 e. The fourth-order valence-corrected chi connectivity index (χ4v) is 1.70. The van der Waals surface area contributed by atoms with Gasteiger partial charge in [-0.2, -0.15) is 0 Å². The van der Waals surface area contributed by atoms with Crippen LogP contribution in [0.4, 0.5) is 0 Å². The van der Waals surface area contributed by atoms with Gasteiger partial charge >= 0.3 is 5.97 Å². The zero-order valence-electron chi connectivity index (χ0n) is 11.6. The van der Waals surface area contributed by atoms with E-state index in [1.807, 2.05) is 13.8 Å². The fraction of sp³-hybridized carbons (Fsp3) is 0.846. The molecule has 5 heteroatoms. The van der Waals surface area contributed by atoms with Crippen molar-refractivity contribution in [3.8, 4) is 0 Å². The number of carboxylic acids is 1. The topological polar surface area (TPSA) is 75.6 Å². The van der Waals surface area contributed by atoms with E-state index >= 15 is 0 Å². The molecule has 0 saturated heterocycles. The largest absolute Gasteiger partial charge is 0.481 e. The number of nitrogens with one attached hydrogen (secondary N) is 1. The third-order valence-corrected chi connectivity index (χ3v) is 2.65. The first-order chi connectivity index (χ1) is 8.47. The lowest BCUT2D eigenvalue weighted by molar-refractivity contribution is -0.142. The van der Waals surface area contributed by atoms with E-state index in [1.54, 1.807) is 7.11 Å². The summed E-state index contributed by atoms with van der Waals surface area (Å²) in [5.74, 6) is -1.11. The molecule has 0 aromatic heterocycles. The van der Waals surface area contributed by atoms with Crippen molar-refractivity contribution in [1.29, 1.82) is 0 Å². The highest BCUT2D eigenvalue weighted by Gasteiger charge is 2.19. The number of aliphatic carboxylic acids is 1. The molecule has 1 atom stereocenters. The highest BCUT2D eigenvalue weighted by Crippen LogP contribution is 2.11. The van der Waals surface area contributed by atoms with Crippen molar-refractivity contribution >= 4 is 11.9 Å². The minimum atomic E-state index is -0.844. The van der Waals surface area contributed by atoms with Gasteiger partial charge in [0, 0.05) is 26.7 Å². The van der Waals surface area contributed by atoms with Crippen LogP contribution in [0.2, 0.25) is 0 Å². The van der Waals surface area contributed by atoms with E-state index in [0.717, 1.165) is 12.8 Å². The van der Waals surface area contributed by atoms with Crippen molar-refractivity contribution in [2.24, 2.45) is 11.8 Å². The fourth-order valence-electron chi connectivity index (χ4n) is 1.70. The van der Waals surface area contributed by atoms with E-state index in [4.69, 9.17) is 9.84 Å². The Morgan fingerprint density at radius 1 is 1.28 bits per heavy atom. The molecule has 106 valence electrons. The van der Waals surface area contributed by atoms with Gasteiger partial charge < -0.3 is 15.2 Å². The third kappa shape index (κ3) is 8.98. The number of ether oxygens (including phenoxy) is 1. The average molecular weight is 259 g/mol. The second-order valence-electron chi connectivity index (χ2n) is 4.92. The molecular formula is C13H25NO4. The van der Waals surface area contributed by atoms with Crippen LogP contribution in [0.5, 0.6) is 0 Å². The summed E-state index contributed by atoms with van der Waals surface area (Å²) in [5, 5.41) is 11.7. The molecule has 1 amide bonds. The predicted octanol–water partition coefficient (Wildman–Crippen LogP) is 1.67. The van der Waals surface area contributed by atoms with Crippen molar-refractivity contribution in [3.63, 3.8) is 0 Å². The molecule has 0 aliphatic heterocycles. The summed E-state index contributed by atoms with van der Waals surface area (Å²) in [4.78, 5) is 22.5. The lowest BCUT2D eigenvalue weighted by Gasteiger charge is -2.15. The first-order valence-corrected chi connectivity index (χ1v) is 6.45. The molecule has 18 heavy (non-hydrogen) atoms. The predicted molar refractivity (Wildman–Crippen MR) is 69.3 cm³/mol. The molecule has 0 radical (unpaired) electrons. The Morgan fingerprint density at radius 2 is 1.94 bits per heavy atom. The molecular weight excluding hydrogens is 234 g/mol. The van der Waals surface area contributed by atoms with Gasteiger partial charge in [0.15, 0.2) is 0 Å². The summed E-state index contributed by atoms with van der Waals surface area (Å²) < 4.78 is 4.89. The third-order valence-electron chi connectivity index (χ3n) is 2.65. The Balaban J connectivity index is 3.82. The van der Waals surface area contributed by atoms with Crippen LogP contribution < -0.4 is 5.32 Å². The number of carbonyl (C=O) groups excluding carboxylic acids is 1. The molecule has 0 fully saturated rings. The number of carbonyl (C=O) groups is 2. The van der Waals surface area contributed by atoms with Crippen LogP contribution in [0.15, 0.2) is 0 Å². The van der Waals surface area contributed by atoms with Crippen LogP contribution in [-0.2, 0) is 14.3 Å². The van der Waals surface area contributed by atoms with Crippen LogP contribution in [0, 0.1) is 11.8 Å². The number of hydrogen-bond acceptors (Lipinski definition) is 3. The summed E-state index contributed by atoms with van der Waals surface area (Å²) in [7, 11) is 1.63. The Kier molecular flexibility index (Phi) is 9.28. The van der Waals surface area contributed by atoms with Gasteiger partial charge in [-0.1, -0.05) is 13.8 Å². The van der Waals surface area contributed by atoms with Crippen molar-refractivity contribution in [2.75, 3.05) is 20.3 Å². The molecule has 5 nitrogen and oxygen atoms in total. The summed E-state index contributed by atoms with van der Waals surface area (Å²) in [6, 6.07) is 0. The Labute approximate surface area is 109 Å². The Morgan fingerprint density at radius 3 is 2.44 bits per heavy atom. The molecule has 0 saturated carbocycles. The van der Waals surface area contributed by atoms with Gasteiger partial charge in [0.2, 0.25) is 5.91 Å². The van der Waals surface area contributed by atoms with Crippen molar-refractivity contribution in [1.82, 2.24) is 5.32 Å². The summed E-state index contributed by atoms with van der Waals surface area (Å²) in [6.07, 6.45) is 2.62. The lowest BCUT2D eigenvalue weighted by atomic mass is 9.97. The zero-order valence-corrected chi connectivity index (χ0v) is 11.6. The molecule has 2 N–H and O–H groups in total. The first-order valence-electron chi connectivity index (χ1n) is 6.45. The molecule has 0 aliphatic carbocycles. The van der Waals surface area contributed by atoms with E-state index < -0.39 is 11.9 Å². The molecule has 0 rings (SSSR count). The Bertz CT molecular complexity index is 253. The van der Waals surface area contributed by atoms with Crippen LogP contribution in [-0.4, -0.2) is 37.2 Å². The van der Waals surface area contributed by atoms with E-state index in [2.05, 4.69) is 5.32 Å². The quantitative estimate of drug-likeness (QED) is 0.585. The van der Waals surface area contributed by atoms with Gasteiger partial charge in [0.05, 0.1) is 5.92 Å². The van der Waals surface area contributed by atoms with Gasteiger partial charge in [-0.3, -0.25) is 9.59 Å². The maximum absolute atomic E-state index is 11.5. The summed E-state index contributed by atoms with van der Waals surface area (Å²) in [5.41, 5.74) is 0. The highest BCUT2D eigenvalue weighted by atomic mass is 16.5. The molecule has 0 aliphatic rings. The highest BCUT2D eigenvalue weighted by molar-refractivity contribution is 5.77. The average Bonchev–Trinajstić information content (AvgIpc) is 2.29. The normalized spacial score (nSPS) is 12.4. The van der Waals surface area contributed by atoms with Gasteiger partial charge in [-0.15, -0.1) is 0 Å². The molecule has 0 spiro atoms. The number of methoxy groups -OCH3 is 1. The zero-order chi connectivity index (χ0) is 14.0. The minimum absolute atomic E-state index is 0.0823. The van der Waals surface area contributed by atoms with Gasteiger partial charge in [0.1, 0.15) is 0 Å². The van der Waals surface area contributed by atoms with Gasteiger partial charge in [-0.25, -0.2) is 0 Å². The molecule has 0 aromatic rings.